The van der Waals surface area contributed by atoms with Crippen molar-refractivity contribution < 1.29 is 39.8 Å². The molecular weight excluding hydrogens is 528 g/mol. The van der Waals surface area contributed by atoms with Crippen LogP contribution in [0.15, 0.2) is 54.6 Å². The van der Waals surface area contributed by atoms with Crippen LogP contribution < -0.4 is 11.1 Å². The van der Waals surface area contributed by atoms with Gasteiger partial charge >= 0.3 is 0 Å². The van der Waals surface area contributed by atoms with Crippen molar-refractivity contribution in [2.24, 2.45) is 5.73 Å². The summed E-state index contributed by atoms with van der Waals surface area (Å²) in [6.07, 6.45) is -4.44. The van der Waals surface area contributed by atoms with E-state index < -0.39 is 49.3 Å². The summed E-state index contributed by atoms with van der Waals surface area (Å²) in [5, 5.41) is 53.8. The monoisotopic (exact) mass is 576 g/mol. The highest BCUT2D eigenvalue weighted by molar-refractivity contribution is 5.78. The Bertz CT molecular complexity index is 974. The molecule has 0 aromatic heterocycles. The van der Waals surface area contributed by atoms with E-state index in [1.807, 2.05) is 54.6 Å². The number of ether oxygens (including phenoxy) is 2. The molecule has 0 bridgehead atoms. The molecule has 0 aliphatic rings. The summed E-state index contributed by atoms with van der Waals surface area (Å²) >= 11 is 0. The third kappa shape index (κ3) is 13.0. The fraction of sp³-hybridized carbons (Fsp3) is 0.581. The van der Waals surface area contributed by atoms with Gasteiger partial charge in [0, 0.05) is 0 Å². The second-order valence-electron chi connectivity index (χ2n) is 10.5. The van der Waals surface area contributed by atoms with E-state index >= 15 is 0 Å². The lowest BCUT2D eigenvalue weighted by Crippen LogP contribution is -2.49. The molecule has 0 aliphatic heterocycles. The lowest BCUT2D eigenvalue weighted by Gasteiger charge is -2.32. The topological polar surface area (TPSA) is 175 Å². The number of aliphatic hydroxyl groups excluding tert-OH is 5. The van der Waals surface area contributed by atoms with Crippen molar-refractivity contribution in [3.63, 3.8) is 0 Å². The first-order chi connectivity index (χ1) is 19.6. The van der Waals surface area contributed by atoms with Gasteiger partial charge in [-0.1, -0.05) is 54.6 Å². The lowest BCUT2D eigenvalue weighted by molar-refractivity contribution is -0.145. The maximum Gasteiger partial charge on any atom is 0.224 e. The average molecular weight is 577 g/mol. The van der Waals surface area contributed by atoms with Crippen molar-refractivity contribution in [3.8, 4) is 0 Å². The number of nitrogens with one attached hydrogen (secondary N) is 1. The summed E-state index contributed by atoms with van der Waals surface area (Å²) in [6, 6.07) is 16.4. The second-order valence-corrected chi connectivity index (χ2v) is 10.5. The molecule has 10 nitrogen and oxygen atoms in total. The standard InChI is InChI=1S/C31H48N2O8/c1-21(35)29(20-40-17-15-24-10-8-23(9-11-24)14-16-32)41-28(27(37)19-34)13-12-26(31(39)22(2)36)33-30(38)18-25-6-4-3-5-7-25/h3-11,21-22,26-29,31,34-37,39H,12-20,32H2,1-2H3,(H,33,38)/t21-,22-,26+,27+,28?,29?,31-/m1/s1. The molecule has 2 unspecified atom stereocenters. The van der Waals surface area contributed by atoms with E-state index in [1.54, 1.807) is 6.92 Å². The molecule has 10 heteroatoms. The molecule has 2 aromatic carbocycles. The molecule has 0 fully saturated rings. The van der Waals surface area contributed by atoms with Crippen molar-refractivity contribution >= 4 is 5.91 Å². The summed E-state index contributed by atoms with van der Waals surface area (Å²) in [4.78, 5) is 12.7. The van der Waals surface area contributed by atoms with E-state index in [4.69, 9.17) is 15.2 Å². The zero-order valence-corrected chi connectivity index (χ0v) is 24.1. The smallest absolute Gasteiger partial charge is 0.224 e. The Morgan fingerprint density at radius 1 is 0.854 bits per heavy atom. The van der Waals surface area contributed by atoms with E-state index in [0.29, 0.717) is 19.6 Å². The first kappa shape index (κ1) is 34.8. The van der Waals surface area contributed by atoms with Crippen LogP contribution in [0.25, 0.3) is 0 Å². The van der Waals surface area contributed by atoms with Crippen molar-refractivity contribution in [1.82, 2.24) is 5.32 Å². The van der Waals surface area contributed by atoms with Gasteiger partial charge in [-0.25, -0.2) is 0 Å². The molecule has 0 aliphatic carbocycles. The Balaban J connectivity index is 1.95. The zero-order chi connectivity index (χ0) is 30.2. The van der Waals surface area contributed by atoms with Crippen molar-refractivity contribution in [1.29, 1.82) is 0 Å². The predicted octanol–water partition coefficient (Wildman–Crippen LogP) is 0.484. The van der Waals surface area contributed by atoms with Crippen molar-refractivity contribution in [2.75, 3.05) is 26.4 Å². The highest BCUT2D eigenvalue weighted by atomic mass is 16.6. The van der Waals surface area contributed by atoms with Gasteiger partial charge in [0.05, 0.1) is 56.7 Å². The van der Waals surface area contributed by atoms with Crippen LogP contribution >= 0.6 is 0 Å². The number of carbonyl (C=O) groups excluding carboxylic acids is 1. The van der Waals surface area contributed by atoms with E-state index in [1.165, 1.54) is 12.5 Å². The Morgan fingerprint density at radius 3 is 2.05 bits per heavy atom. The Morgan fingerprint density at radius 2 is 1.49 bits per heavy atom. The van der Waals surface area contributed by atoms with Crippen LogP contribution in [0.1, 0.15) is 43.4 Å². The third-order valence-electron chi connectivity index (χ3n) is 7.00. The molecule has 0 heterocycles. The third-order valence-corrected chi connectivity index (χ3v) is 7.00. The molecule has 8 N–H and O–H groups in total. The van der Waals surface area contributed by atoms with E-state index in [-0.39, 0.29) is 31.8 Å². The Hall–Kier alpha value is -2.41. The Labute approximate surface area is 243 Å². The van der Waals surface area contributed by atoms with Crippen LogP contribution in [0.5, 0.6) is 0 Å². The van der Waals surface area contributed by atoms with Crippen LogP contribution in [0.3, 0.4) is 0 Å². The number of carbonyl (C=O) groups is 1. The minimum atomic E-state index is -1.27. The highest BCUT2D eigenvalue weighted by Crippen LogP contribution is 2.18. The van der Waals surface area contributed by atoms with Crippen LogP contribution in [0, 0.1) is 0 Å². The molecular formula is C31H48N2O8. The van der Waals surface area contributed by atoms with E-state index in [9.17, 15) is 30.3 Å². The van der Waals surface area contributed by atoms with Gasteiger partial charge in [0.15, 0.2) is 0 Å². The first-order valence-electron chi connectivity index (χ1n) is 14.3. The fourth-order valence-electron chi connectivity index (χ4n) is 4.46. The fourth-order valence-corrected chi connectivity index (χ4v) is 4.46. The van der Waals surface area contributed by atoms with Gasteiger partial charge in [0.25, 0.3) is 0 Å². The molecule has 0 saturated carbocycles. The van der Waals surface area contributed by atoms with Gasteiger partial charge in [-0.2, -0.15) is 0 Å². The average Bonchev–Trinajstić information content (AvgIpc) is 2.96. The van der Waals surface area contributed by atoms with Gasteiger partial charge in [0.1, 0.15) is 12.2 Å². The molecule has 41 heavy (non-hydrogen) atoms. The van der Waals surface area contributed by atoms with E-state index in [0.717, 1.165) is 17.5 Å². The number of amides is 1. The lowest BCUT2D eigenvalue weighted by atomic mass is 9.97. The largest absolute Gasteiger partial charge is 0.394 e. The Kier molecular flexibility index (Phi) is 16.0. The quantitative estimate of drug-likeness (QED) is 0.111. The number of benzene rings is 2. The second kappa shape index (κ2) is 18.9. The number of hydrogen-bond acceptors (Lipinski definition) is 9. The summed E-state index contributed by atoms with van der Waals surface area (Å²) in [7, 11) is 0. The van der Waals surface area contributed by atoms with E-state index in [2.05, 4.69) is 5.32 Å². The van der Waals surface area contributed by atoms with Gasteiger partial charge in [-0.05, 0) is 62.8 Å². The number of aliphatic hydroxyl groups is 5. The van der Waals surface area contributed by atoms with Gasteiger partial charge in [-0.3, -0.25) is 4.79 Å². The van der Waals surface area contributed by atoms with Crippen LogP contribution in [0.2, 0.25) is 0 Å². The molecule has 0 saturated heterocycles. The molecule has 230 valence electrons. The van der Waals surface area contributed by atoms with Gasteiger partial charge in [0.2, 0.25) is 5.91 Å². The molecule has 0 radical (unpaired) electrons. The van der Waals surface area contributed by atoms with Crippen molar-refractivity contribution in [3.05, 3.63) is 71.3 Å². The maximum absolute atomic E-state index is 12.7. The van der Waals surface area contributed by atoms with Gasteiger partial charge in [-0.15, -0.1) is 0 Å². The SMILES string of the molecule is C[C@@H](O)C(COCCc1ccc(CCN)cc1)OC(CC[C@H](NC(=O)Cc1ccccc1)[C@H](O)[C@@H](C)O)[C@@H](O)CO. The number of hydrogen-bond donors (Lipinski definition) is 7. The summed E-state index contributed by atoms with van der Waals surface area (Å²) in [5.41, 5.74) is 8.67. The zero-order valence-electron chi connectivity index (χ0n) is 24.1. The maximum atomic E-state index is 12.7. The summed E-state index contributed by atoms with van der Waals surface area (Å²) < 4.78 is 11.8. The van der Waals surface area contributed by atoms with Crippen LogP contribution in [-0.2, 0) is 33.5 Å². The predicted molar refractivity (Wildman–Crippen MR) is 156 cm³/mol. The molecule has 0 spiro atoms. The van der Waals surface area contributed by atoms with Gasteiger partial charge < -0.3 is 46.1 Å². The molecule has 1 amide bonds. The highest BCUT2D eigenvalue weighted by Gasteiger charge is 2.30. The molecule has 7 atom stereocenters. The molecule has 2 aromatic rings. The number of rotatable bonds is 20. The van der Waals surface area contributed by atoms with Crippen molar-refractivity contribution in [2.45, 2.75) is 88.6 Å². The van der Waals surface area contributed by atoms with Crippen LogP contribution in [-0.4, -0.2) is 100 Å². The minimum Gasteiger partial charge on any atom is -0.394 e. The summed E-state index contributed by atoms with van der Waals surface area (Å²) in [5.74, 6) is -0.328. The minimum absolute atomic E-state index is 0.0606. The molecule has 2 rings (SSSR count). The first-order valence-corrected chi connectivity index (χ1v) is 14.3. The summed E-state index contributed by atoms with van der Waals surface area (Å²) in [6.45, 7) is 3.45. The van der Waals surface area contributed by atoms with Crippen LogP contribution in [0.4, 0.5) is 0 Å². The normalized spacial score (nSPS) is 16.8. The number of nitrogens with two attached hydrogens (primary N) is 1.